The molecule has 0 rings (SSSR count). The van der Waals surface area contributed by atoms with Gasteiger partial charge in [0, 0.05) is 0 Å². The van der Waals surface area contributed by atoms with Crippen LogP contribution in [-0.2, 0) is 4.79 Å². The normalized spacial score (nSPS) is 12.9. The van der Waals surface area contributed by atoms with E-state index >= 15 is 0 Å². The Labute approximate surface area is 66.4 Å². The zero-order valence-electron chi connectivity index (χ0n) is 6.85. The predicted molar refractivity (Wildman–Crippen MR) is 41.2 cm³/mol. The van der Waals surface area contributed by atoms with Gasteiger partial charge in [0.1, 0.15) is 0 Å². The molecule has 0 aromatic carbocycles. The van der Waals surface area contributed by atoms with Crippen molar-refractivity contribution < 1.29 is 14.3 Å². The predicted octanol–water partition coefficient (Wildman–Crippen LogP) is 2.24. The molecule has 1 unspecified atom stereocenters. The second-order valence-electron chi connectivity index (χ2n) is 2.66. The summed E-state index contributed by atoms with van der Waals surface area (Å²) in [5.41, 5.74) is 0. The van der Waals surface area contributed by atoms with Crippen LogP contribution in [0.5, 0.6) is 0 Å². The van der Waals surface area contributed by atoms with Crippen LogP contribution < -0.4 is 0 Å². The molecule has 0 spiro atoms. The first kappa shape index (κ1) is 10.4. The van der Waals surface area contributed by atoms with E-state index in [-0.39, 0.29) is 5.92 Å². The van der Waals surface area contributed by atoms with Crippen molar-refractivity contribution >= 4 is 5.97 Å². The Morgan fingerprint density at radius 2 is 2.18 bits per heavy atom. The molecule has 0 aliphatic rings. The lowest BCUT2D eigenvalue weighted by molar-refractivity contribution is -0.142. The molecule has 0 heterocycles. The summed E-state index contributed by atoms with van der Waals surface area (Å²) < 4.78 is 11.7. The molecule has 0 aromatic heterocycles. The number of hydrogen-bond acceptors (Lipinski definition) is 1. The van der Waals surface area contributed by atoms with Crippen LogP contribution in [-0.4, -0.2) is 17.8 Å². The summed E-state index contributed by atoms with van der Waals surface area (Å²) in [6, 6.07) is 0. The first-order valence-corrected chi connectivity index (χ1v) is 4.01. The van der Waals surface area contributed by atoms with Gasteiger partial charge in [0.2, 0.25) is 0 Å². The van der Waals surface area contributed by atoms with Gasteiger partial charge >= 0.3 is 5.97 Å². The highest BCUT2D eigenvalue weighted by molar-refractivity contribution is 5.69. The number of carboxylic acid groups (broad SMARTS) is 1. The second kappa shape index (κ2) is 6.13. The van der Waals surface area contributed by atoms with E-state index in [4.69, 9.17) is 5.11 Å². The van der Waals surface area contributed by atoms with Gasteiger partial charge < -0.3 is 5.11 Å². The molecule has 1 N–H and O–H groups in total. The molecule has 2 nitrogen and oxygen atoms in total. The van der Waals surface area contributed by atoms with Crippen molar-refractivity contribution in [3.8, 4) is 0 Å². The van der Waals surface area contributed by atoms with Crippen LogP contribution in [0.4, 0.5) is 4.39 Å². The van der Waals surface area contributed by atoms with E-state index in [2.05, 4.69) is 0 Å². The molecular formula is C8H15FO2. The average Bonchev–Trinajstić information content (AvgIpc) is 1.97. The van der Waals surface area contributed by atoms with Crippen LogP contribution in [0, 0.1) is 5.92 Å². The minimum absolute atomic E-state index is 0.337. The zero-order chi connectivity index (χ0) is 8.69. The number of alkyl halides is 1. The summed E-state index contributed by atoms with van der Waals surface area (Å²) in [5.74, 6) is -1.13. The summed E-state index contributed by atoms with van der Waals surface area (Å²) in [7, 11) is 0. The smallest absolute Gasteiger partial charge is 0.306 e. The molecule has 0 aliphatic carbocycles. The van der Waals surface area contributed by atoms with Gasteiger partial charge in [0.15, 0.2) is 0 Å². The van der Waals surface area contributed by atoms with Crippen molar-refractivity contribution in [2.45, 2.75) is 32.6 Å². The Bertz CT molecular complexity index is 115. The average molecular weight is 162 g/mol. The Morgan fingerprint density at radius 1 is 1.55 bits per heavy atom. The number of aliphatic carboxylic acids is 1. The molecule has 3 heteroatoms. The fourth-order valence-electron chi connectivity index (χ4n) is 1.06. The van der Waals surface area contributed by atoms with E-state index in [1.807, 2.05) is 6.92 Å². The van der Waals surface area contributed by atoms with Crippen molar-refractivity contribution in [1.82, 2.24) is 0 Å². The fourth-order valence-corrected chi connectivity index (χ4v) is 1.06. The van der Waals surface area contributed by atoms with Crippen molar-refractivity contribution in [3.05, 3.63) is 0 Å². The first-order valence-electron chi connectivity index (χ1n) is 4.01. The van der Waals surface area contributed by atoms with Crippen molar-refractivity contribution in [2.75, 3.05) is 6.67 Å². The van der Waals surface area contributed by atoms with Gasteiger partial charge in [-0.15, -0.1) is 0 Å². The summed E-state index contributed by atoms with van der Waals surface area (Å²) in [5, 5.41) is 8.61. The lowest BCUT2D eigenvalue weighted by Gasteiger charge is -2.08. The van der Waals surface area contributed by atoms with E-state index < -0.39 is 12.6 Å². The van der Waals surface area contributed by atoms with Gasteiger partial charge in [-0.3, -0.25) is 9.18 Å². The molecule has 0 saturated heterocycles. The fraction of sp³-hybridized carbons (Fsp3) is 0.875. The standard InChI is InChI=1S/C8H15FO2/c1-2-4-7(8(10)11)5-3-6-9/h7H,2-6H2,1H3,(H,10,11). The second-order valence-corrected chi connectivity index (χ2v) is 2.66. The maximum Gasteiger partial charge on any atom is 0.306 e. The molecule has 0 amide bonds. The SMILES string of the molecule is CCCC(CCCF)C(=O)O. The third-order valence-corrected chi connectivity index (χ3v) is 1.67. The molecule has 0 radical (unpaired) electrons. The van der Waals surface area contributed by atoms with E-state index in [1.165, 1.54) is 0 Å². The van der Waals surface area contributed by atoms with Crippen molar-refractivity contribution in [1.29, 1.82) is 0 Å². The van der Waals surface area contributed by atoms with E-state index in [1.54, 1.807) is 0 Å². The lowest BCUT2D eigenvalue weighted by Crippen LogP contribution is -2.13. The number of rotatable bonds is 6. The van der Waals surface area contributed by atoms with E-state index in [9.17, 15) is 9.18 Å². The highest BCUT2D eigenvalue weighted by Gasteiger charge is 2.14. The van der Waals surface area contributed by atoms with Crippen molar-refractivity contribution in [2.24, 2.45) is 5.92 Å². The Hall–Kier alpha value is -0.600. The van der Waals surface area contributed by atoms with Gasteiger partial charge in [-0.1, -0.05) is 13.3 Å². The minimum atomic E-state index is -0.791. The molecule has 1 atom stereocenters. The number of carbonyl (C=O) groups is 1. The molecule has 0 aliphatic heterocycles. The summed E-state index contributed by atoms with van der Waals surface area (Å²) in [6.07, 6.45) is 2.36. The number of carboxylic acids is 1. The molecule has 11 heavy (non-hydrogen) atoms. The highest BCUT2D eigenvalue weighted by Crippen LogP contribution is 2.13. The van der Waals surface area contributed by atoms with Crippen LogP contribution >= 0.6 is 0 Å². The molecule has 0 aromatic rings. The summed E-state index contributed by atoms with van der Waals surface area (Å²) >= 11 is 0. The van der Waals surface area contributed by atoms with Gasteiger partial charge in [-0.2, -0.15) is 0 Å². The van der Waals surface area contributed by atoms with Crippen LogP contribution in [0.2, 0.25) is 0 Å². The highest BCUT2D eigenvalue weighted by atomic mass is 19.1. The molecule has 66 valence electrons. The van der Waals surface area contributed by atoms with Gasteiger partial charge in [0.25, 0.3) is 0 Å². The topological polar surface area (TPSA) is 37.3 Å². The Kier molecular flexibility index (Phi) is 5.80. The van der Waals surface area contributed by atoms with Crippen LogP contribution in [0.25, 0.3) is 0 Å². The maximum absolute atomic E-state index is 11.7. The van der Waals surface area contributed by atoms with Gasteiger partial charge in [0.05, 0.1) is 12.6 Å². The minimum Gasteiger partial charge on any atom is -0.481 e. The van der Waals surface area contributed by atoms with Crippen LogP contribution in [0.3, 0.4) is 0 Å². The van der Waals surface area contributed by atoms with E-state index in [0.717, 1.165) is 6.42 Å². The van der Waals surface area contributed by atoms with E-state index in [0.29, 0.717) is 19.3 Å². The van der Waals surface area contributed by atoms with Crippen LogP contribution in [0.15, 0.2) is 0 Å². The molecule has 0 saturated carbocycles. The van der Waals surface area contributed by atoms with Crippen LogP contribution in [0.1, 0.15) is 32.6 Å². The molecular weight excluding hydrogens is 147 g/mol. The third-order valence-electron chi connectivity index (χ3n) is 1.67. The van der Waals surface area contributed by atoms with Gasteiger partial charge in [-0.05, 0) is 19.3 Å². The maximum atomic E-state index is 11.7. The Morgan fingerprint density at radius 3 is 2.55 bits per heavy atom. The Balaban J connectivity index is 3.60. The van der Waals surface area contributed by atoms with Crippen molar-refractivity contribution in [3.63, 3.8) is 0 Å². The summed E-state index contributed by atoms with van der Waals surface area (Å²) in [6.45, 7) is 1.53. The molecule has 0 bridgehead atoms. The zero-order valence-corrected chi connectivity index (χ0v) is 6.85. The summed E-state index contributed by atoms with van der Waals surface area (Å²) in [4.78, 5) is 10.5. The van der Waals surface area contributed by atoms with Gasteiger partial charge in [-0.25, -0.2) is 0 Å². The third kappa shape index (κ3) is 4.76. The molecule has 0 fully saturated rings. The number of halogens is 1. The number of hydrogen-bond donors (Lipinski definition) is 1. The first-order chi connectivity index (χ1) is 5.22. The quantitative estimate of drug-likeness (QED) is 0.650. The lowest BCUT2D eigenvalue weighted by atomic mass is 9.99. The largest absolute Gasteiger partial charge is 0.481 e. The monoisotopic (exact) mass is 162 g/mol.